The average molecular weight is 786 g/mol. The lowest BCUT2D eigenvalue weighted by Crippen LogP contribution is -2.62. The first kappa shape index (κ1) is 33.4. The smallest absolute Gasteiger partial charge is 0.137 e. The van der Waals surface area contributed by atoms with Gasteiger partial charge < -0.3 is 18.5 Å². The van der Waals surface area contributed by atoms with Gasteiger partial charge >= 0.3 is 0 Å². The van der Waals surface area contributed by atoms with E-state index < -0.39 is 14.2 Å². The van der Waals surface area contributed by atoms with Crippen LogP contribution in [0.3, 0.4) is 0 Å². The molecule has 0 N–H and O–H groups in total. The maximum absolute atomic E-state index is 6.72. The second-order valence-corrected chi connectivity index (χ2v) is 18.7. The van der Waals surface area contributed by atoms with E-state index in [1.807, 2.05) is 24.3 Å². The van der Waals surface area contributed by atoms with Gasteiger partial charge in [-0.15, -0.1) is 0 Å². The molecular weight excluding hydrogens is 751 g/mol. The first-order valence-corrected chi connectivity index (χ1v) is 22.3. The van der Waals surface area contributed by atoms with Gasteiger partial charge in [0.2, 0.25) is 0 Å². The Hall–Kier alpha value is -7.60. The minimum Gasteiger partial charge on any atom is -0.457 e. The maximum Gasteiger partial charge on any atom is 0.137 e. The zero-order valence-electron chi connectivity index (χ0n) is 32.4. The zero-order chi connectivity index (χ0) is 39.4. The standard InChI is InChI=1S/C55H35NO3Si/c1-2-14-38(15-3-1)60-53-25-13-8-20-45(53)55(43-18-6-11-23-49(43)59-50-24-12-7-19-44(50)55)46-31-28-37(34-54(46)60)56(35-26-29-41-39-16-4-9-21-47(39)57-51(41)32-35)36-27-30-42-40-17-5-10-22-48(40)58-52(42)33-36/h1-34,60H. The maximum atomic E-state index is 6.72. The molecule has 282 valence electrons. The number of furan rings is 2. The molecule has 4 nitrogen and oxygen atoms in total. The van der Waals surface area contributed by atoms with Crippen molar-refractivity contribution in [2.45, 2.75) is 5.41 Å². The number of hydrogen-bond donors (Lipinski definition) is 0. The lowest BCUT2D eigenvalue weighted by Gasteiger charge is -2.47. The van der Waals surface area contributed by atoms with Gasteiger partial charge in [-0.25, -0.2) is 0 Å². The normalized spacial score (nSPS) is 14.8. The van der Waals surface area contributed by atoms with Gasteiger partial charge in [-0.1, -0.05) is 139 Å². The Morgan fingerprint density at radius 3 is 1.45 bits per heavy atom. The third kappa shape index (κ3) is 4.66. The van der Waals surface area contributed by atoms with Crippen LogP contribution in [0.5, 0.6) is 11.5 Å². The Balaban J connectivity index is 1.11. The molecule has 5 heteroatoms. The number of fused-ring (bicyclic) bond motifs is 14. The van der Waals surface area contributed by atoms with Crippen molar-refractivity contribution < 1.29 is 13.6 Å². The highest BCUT2D eigenvalue weighted by molar-refractivity contribution is 6.96. The molecule has 13 rings (SSSR count). The van der Waals surface area contributed by atoms with Crippen LogP contribution in [-0.2, 0) is 5.41 Å². The first-order valence-electron chi connectivity index (χ1n) is 20.5. The van der Waals surface area contributed by atoms with E-state index >= 15 is 0 Å². The SMILES string of the molecule is c1ccc([SiH]2c3ccccc3C3(c4ccccc4Oc4ccccc43)c3ccc(N(c4ccc5c(c4)oc4ccccc45)c4ccc5c(c4)oc4ccccc45)cc32)cc1. The van der Waals surface area contributed by atoms with Crippen molar-refractivity contribution in [1.29, 1.82) is 0 Å². The summed E-state index contributed by atoms with van der Waals surface area (Å²) in [5, 5.41) is 8.59. The highest BCUT2D eigenvalue weighted by Crippen LogP contribution is 2.56. The van der Waals surface area contributed by atoms with Crippen LogP contribution in [0.4, 0.5) is 17.1 Å². The van der Waals surface area contributed by atoms with Crippen LogP contribution in [0.2, 0.25) is 0 Å². The molecule has 11 aromatic rings. The van der Waals surface area contributed by atoms with Crippen LogP contribution in [0.15, 0.2) is 215 Å². The third-order valence-corrected chi connectivity index (χ3v) is 16.1. The van der Waals surface area contributed by atoms with Crippen LogP contribution in [-0.4, -0.2) is 8.80 Å². The minimum atomic E-state index is -2.09. The molecule has 0 amide bonds. The fraction of sp³-hybridized carbons (Fsp3) is 0.0182. The fourth-order valence-electron chi connectivity index (χ4n) is 10.4. The van der Waals surface area contributed by atoms with Gasteiger partial charge in [-0.3, -0.25) is 0 Å². The van der Waals surface area contributed by atoms with Crippen LogP contribution in [0, 0.1) is 0 Å². The van der Waals surface area contributed by atoms with Gasteiger partial charge in [-0.05, 0) is 82.2 Å². The second-order valence-electron chi connectivity index (χ2n) is 15.9. The molecule has 1 unspecified atom stereocenters. The monoisotopic (exact) mass is 785 g/mol. The zero-order valence-corrected chi connectivity index (χ0v) is 33.5. The molecule has 0 fully saturated rings. The Bertz CT molecular complexity index is 3350. The summed E-state index contributed by atoms with van der Waals surface area (Å²) in [6.07, 6.45) is 0. The number of para-hydroxylation sites is 4. The molecule has 1 spiro atoms. The molecule has 9 aromatic carbocycles. The number of nitrogens with zero attached hydrogens (tertiary/aromatic N) is 1. The van der Waals surface area contributed by atoms with Gasteiger partial charge in [-0.2, -0.15) is 0 Å². The Labute approximate surface area is 347 Å². The molecule has 0 saturated heterocycles. The van der Waals surface area contributed by atoms with Crippen LogP contribution >= 0.6 is 0 Å². The molecule has 4 heterocycles. The van der Waals surface area contributed by atoms with E-state index in [9.17, 15) is 0 Å². The number of benzene rings is 9. The Kier molecular flexibility index (Phi) is 7.06. The third-order valence-electron chi connectivity index (χ3n) is 12.9. The minimum absolute atomic E-state index is 0.598. The number of rotatable bonds is 4. The topological polar surface area (TPSA) is 38.8 Å². The van der Waals surface area contributed by atoms with Crippen molar-refractivity contribution in [3.63, 3.8) is 0 Å². The molecule has 0 bridgehead atoms. The van der Waals surface area contributed by atoms with E-state index in [0.29, 0.717) is 0 Å². The summed E-state index contributed by atoms with van der Waals surface area (Å²) >= 11 is 0. The number of hydrogen-bond acceptors (Lipinski definition) is 4. The fourth-order valence-corrected chi connectivity index (χ4v) is 14.0. The van der Waals surface area contributed by atoms with E-state index in [2.05, 4.69) is 187 Å². The molecule has 60 heavy (non-hydrogen) atoms. The summed E-state index contributed by atoms with van der Waals surface area (Å²) < 4.78 is 19.8. The van der Waals surface area contributed by atoms with Crippen molar-refractivity contribution in [2.75, 3.05) is 4.90 Å². The molecule has 2 aliphatic heterocycles. The average Bonchev–Trinajstić information content (AvgIpc) is 3.87. The number of ether oxygens (including phenoxy) is 1. The summed E-state index contributed by atoms with van der Waals surface area (Å²) in [6, 6.07) is 74.6. The molecule has 2 aromatic heterocycles. The number of anilines is 3. The summed E-state index contributed by atoms with van der Waals surface area (Å²) in [5.41, 5.74) is 10.9. The van der Waals surface area contributed by atoms with E-state index in [1.54, 1.807) is 0 Å². The predicted octanol–water partition coefficient (Wildman–Crippen LogP) is 12.0. The van der Waals surface area contributed by atoms with Crippen molar-refractivity contribution >= 4 is 85.3 Å². The molecule has 0 radical (unpaired) electrons. The molecule has 0 saturated carbocycles. The van der Waals surface area contributed by atoms with E-state index in [-0.39, 0.29) is 0 Å². The van der Waals surface area contributed by atoms with Gasteiger partial charge in [0.25, 0.3) is 0 Å². The summed E-state index contributed by atoms with van der Waals surface area (Å²) in [4.78, 5) is 2.37. The van der Waals surface area contributed by atoms with Crippen LogP contribution < -0.4 is 25.2 Å². The summed E-state index contributed by atoms with van der Waals surface area (Å²) in [7, 11) is -2.09. The van der Waals surface area contributed by atoms with Gasteiger partial charge in [0.05, 0.1) is 5.41 Å². The molecule has 0 aliphatic carbocycles. The quantitative estimate of drug-likeness (QED) is 0.167. The molecule has 1 atom stereocenters. The Morgan fingerprint density at radius 2 is 0.817 bits per heavy atom. The summed E-state index contributed by atoms with van der Waals surface area (Å²) in [6.45, 7) is 0. The van der Waals surface area contributed by atoms with Crippen molar-refractivity contribution in [3.8, 4) is 11.5 Å². The van der Waals surface area contributed by atoms with Gasteiger partial charge in [0.1, 0.15) is 42.6 Å². The largest absolute Gasteiger partial charge is 0.457 e. The van der Waals surface area contributed by atoms with Gasteiger partial charge in [0, 0.05) is 61.9 Å². The summed E-state index contributed by atoms with van der Waals surface area (Å²) in [5.74, 6) is 1.78. The van der Waals surface area contributed by atoms with E-state index in [0.717, 1.165) is 83.6 Å². The first-order chi connectivity index (χ1) is 29.7. The van der Waals surface area contributed by atoms with Gasteiger partial charge in [0.15, 0.2) is 0 Å². The van der Waals surface area contributed by atoms with Crippen molar-refractivity contribution in [1.82, 2.24) is 0 Å². The predicted molar refractivity (Wildman–Crippen MR) is 247 cm³/mol. The second kappa shape index (κ2) is 12.7. The molecule has 2 aliphatic rings. The van der Waals surface area contributed by atoms with Crippen molar-refractivity contribution in [2.24, 2.45) is 0 Å². The van der Waals surface area contributed by atoms with E-state index in [1.165, 1.54) is 26.7 Å². The molecular formula is C55H35NO3Si. The lowest BCUT2D eigenvalue weighted by molar-refractivity contribution is 0.435. The van der Waals surface area contributed by atoms with Crippen molar-refractivity contribution in [3.05, 3.63) is 229 Å². The van der Waals surface area contributed by atoms with E-state index in [4.69, 9.17) is 13.6 Å². The highest BCUT2D eigenvalue weighted by atomic mass is 28.3. The van der Waals surface area contributed by atoms with Crippen LogP contribution in [0.1, 0.15) is 22.3 Å². The highest BCUT2D eigenvalue weighted by Gasteiger charge is 2.51. The lowest BCUT2D eigenvalue weighted by atomic mass is 9.63. The Morgan fingerprint density at radius 1 is 0.350 bits per heavy atom. The van der Waals surface area contributed by atoms with Crippen LogP contribution in [0.25, 0.3) is 43.9 Å².